The van der Waals surface area contributed by atoms with Gasteiger partial charge in [0.25, 0.3) is 5.56 Å². The number of nitrogens with zero attached hydrogens (tertiary/aromatic N) is 3. The smallest absolute Gasteiger partial charge is 0.294 e. The first-order chi connectivity index (χ1) is 15.4. The van der Waals surface area contributed by atoms with Gasteiger partial charge in [0.15, 0.2) is 0 Å². The van der Waals surface area contributed by atoms with Gasteiger partial charge in [0.05, 0.1) is 18.2 Å². The van der Waals surface area contributed by atoms with Crippen LogP contribution in [0.25, 0.3) is 16.5 Å². The number of fused-ring (bicyclic) bond motifs is 1. The number of hydrogen-bond donors (Lipinski definition) is 1. The second-order valence-corrected chi connectivity index (χ2v) is 8.28. The number of carbonyl (C=O) groups excluding carboxylic acids is 1. The molecular weight excluding hydrogens is 404 g/mol. The molecule has 0 saturated carbocycles. The first-order valence-electron chi connectivity index (χ1n) is 10.4. The van der Waals surface area contributed by atoms with Crippen LogP contribution in [0.2, 0.25) is 0 Å². The van der Waals surface area contributed by atoms with Crippen molar-refractivity contribution in [3.63, 3.8) is 0 Å². The molecule has 0 amide bonds. The van der Waals surface area contributed by atoms with Crippen LogP contribution >= 0.6 is 0 Å². The maximum atomic E-state index is 12.6. The van der Waals surface area contributed by atoms with E-state index in [9.17, 15) is 9.59 Å². The molecule has 2 N–H and O–H groups in total. The van der Waals surface area contributed by atoms with Crippen LogP contribution < -0.4 is 11.3 Å². The lowest BCUT2D eigenvalue weighted by Gasteiger charge is -2.40. The lowest BCUT2D eigenvalue weighted by atomic mass is 9.76. The molecule has 1 aromatic heterocycles. The Morgan fingerprint density at radius 3 is 2.72 bits per heavy atom. The van der Waals surface area contributed by atoms with Gasteiger partial charge in [-0.25, -0.2) is 9.78 Å². The Labute approximate surface area is 185 Å². The maximum absolute atomic E-state index is 12.6. The molecule has 32 heavy (non-hydrogen) atoms. The summed E-state index contributed by atoms with van der Waals surface area (Å²) >= 11 is 0. The van der Waals surface area contributed by atoms with Gasteiger partial charge in [-0.3, -0.25) is 9.78 Å². The van der Waals surface area contributed by atoms with Crippen LogP contribution in [-0.2, 0) is 16.1 Å². The van der Waals surface area contributed by atoms with E-state index in [1.165, 1.54) is 0 Å². The molecular formula is C25H24N4O3. The highest BCUT2D eigenvalue weighted by Gasteiger charge is 2.43. The van der Waals surface area contributed by atoms with E-state index in [4.69, 9.17) is 10.5 Å². The van der Waals surface area contributed by atoms with Crippen LogP contribution in [0, 0.1) is 6.92 Å². The SMILES string of the molecule is Cc1ccc(C2=CC(N)[C@@H](OCc3ncc4ccccc4nc3=O)[C@@](C)(N=C=O)C2)cc1. The number of ether oxygens (including phenoxy) is 1. The van der Waals surface area contributed by atoms with Gasteiger partial charge in [-0.1, -0.05) is 54.1 Å². The van der Waals surface area contributed by atoms with Crippen molar-refractivity contribution < 1.29 is 9.53 Å². The largest absolute Gasteiger partial charge is 0.367 e. The molecule has 162 valence electrons. The number of aryl methyl sites for hydroxylation is 1. The molecule has 4 rings (SSSR count). The average Bonchev–Trinajstić information content (AvgIpc) is 2.92. The Hall–Kier alpha value is -3.51. The molecule has 0 spiro atoms. The number of rotatable bonds is 5. The second kappa shape index (κ2) is 8.93. The lowest BCUT2D eigenvalue weighted by molar-refractivity contribution is -0.0164. The molecule has 7 nitrogen and oxygen atoms in total. The molecule has 0 aliphatic heterocycles. The highest BCUT2D eigenvalue weighted by molar-refractivity contribution is 5.76. The molecule has 0 radical (unpaired) electrons. The van der Waals surface area contributed by atoms with Crippen molar-refractivity contribution in [1.82, 2.24) is 9.97 Å². The van der Waals surface area contributed by atoms with Crippen LogP contribution in [0.3, 0.4) is 0 Å². The summed E-state index contributed by atoms with van der Waals surface area (Å²) in [6.45, 7) is 3.74. The summed E-state index contributed by atoms with van der Waals surface area (Å²) in [5.74, 6) is 0. The Kier molecular flexibility index (Phi) is 6.06. The van der Waals surface area contributed by atoms with E-state index in [2.05, 4.69) is 15.0 Å². The molecule has 2 aromatic carbocycles. The zero-order valence-electron chi connectivity index (χ0n) is 18.0. The molecule has 0 saturated heterocycles. The summed E-state index contributed by atoms with van der Waals surface area (Å²) < 4.78 is 6.06. The van der Waals surface area contributed by atoms with Gasteiger partial charge in [-0.2, -0.15) is 4.99 Å². The van der Waals surface area contributed by atoms with Gasteiger partial charge in [-0.15, -0.1) is 0 Å². The highest BCUT2D eigenvalue weighted by Crippen LogP contribution is 2.38. The Balaban J connectivity index is 1.63. The van der Waals surface area contributed by atoms with E-state index in [0.29, 0.717) is 11.9 Å². The molecule has 7 heteroatoms. The van der Waals surface area contributed by atoms with Crippen molar-refractivity contribution in [1.29, 1.82) is 0 Å². The number of nitrogens with two attached hydrogens (primary N) is 1. The molecule has 1 aliphatic carbocycles. The molecule has 1 heterocycles. The minimum Gasteiger partial charge on any atom is -0.367 e. The van der Waals surface area contributed by atoms with Crippen molar-refractivity contribution in [2.45, 2.75) is 44.6 Å². The average molecular weight is 428 g/mol. The third kappa shape index (κ3) is 4.41. The molecule has 3 atom stereocenters. The maximum Gasteiger partial charge on any atom is 0.294 e. The van der Waals surface area contributed by atoms with Crippen molar-refractivity contribution in [2.75, 3.05) is 0 Å². The van der Waals surface area contributed by atoms with Crippen LogP contribution in [0.5, 0.6) is 0 Å². The minimum atomic E-state index is -0.936. The number of para-hydroxylation sites is 1. The van der Waals surface area contributed by atoms with Crippen LogP contribution in [-0.4, -0.2) is 33.7 Å². The third-order valence-corrected chi connectivity index (χ3v) is 5.79. The predicted molar refractivity (Wildman–Crippen MR) is 123 cm³/mol. The highest BCUT2D eigenvalue weighted by atomic mass is 16.5. The summed E-state index contributed by atoms with van der Waals surface area (Å²) in [5.41, 5.74) is 8.93. The molecule has 0 fully saturated rings. The summed E-state index contributed by atoms with van der Waals surface area (Å²) in [4.78, 5) is 36.3. The number of aliphatic imine (C=N–C) groups is 1. The predicted octanol–water partition coefficient (Wildman–Crippen LogP) is 3.09. The standard InChI is InChI=1S/C25H24N4O3/c1-16-7-9-17(10-8-16)19-11-20(26)23(25(2,12-19)28-15-30)32-14-22-24(31)29-21-6-4-3-5-18(21)13-27-22/h3-11,13,20,23H,12,14,26H2,1-2H3/t20?,23-,25+/m1/s1. The van der Waals surface area contributed by atoms with Gasteiger partial charge in [0.1, 0.15) is 17.3 Å². The zero-order chi connectivity index (χ0) is 22.7. The van der Waals surface area contributed by atoms with E-state index in [0.717, 1.165) is 22.1 Å². The summed E-state index contributed by atoms with van der Waals surface area (Å²) in [5, 5.41) is 0.756. The van der Waals surface area contributed by atoms with Gasteiger partial charge in [0, 0.05) is 18.0 Å². The van der Waals surface area contributed by atoms with Crippen molar-refractivity contribution in [2.24, 2.45) is 10.7 Å². The fourth-order valence-electron chi connectivity index (χ4n) is 4.09. The zero-order valence-corrected chi connectivity index (χ0v) is 18.0. The van der Waals surface area contributed by atoms with Crippen molar-refractivity contribution in [3.8, 4) is 0 Å². The molecule has 3 aromatic rings. The second-order valence-electron chi connectivity index (χ2n) is 8.28. The number of isocyanates is 1. The molecule has 0 bridgehead atoms. The Bertz CT molecular complexity index is 1280. The quantitative estimate of drug-likeness (QED) is 0.494. The summed E-state index contributed by atoms with van der Waals surface area (Å²) in [6.07, 6.45) is 5.01. The summed E-state index contributed by atoms with van der Waals surface area (Å²) in [7, 11) is 0. The normalized spacial score (nSPS) is 22.8. The number of hydrogen-bond acceptors (Lipinski definition) is 7. The first kappa shape index (κ1) is 21.7. The van der Waals surface area contributed by atoms with Gasteiger partial charge in [0.2, 0.25) is 6.08 Å². The third-order valence-electron chi connectivity index (χ3n) is 5.79. The van der Waals surface area contributed by atoms with Crippen LogP contribution in [0.1, 0.15) is 30.2 Å². The molecule has 1 aliphatic rings. The monoisotopic (exact) mass is 428 g/mol. The van der Waals surface area contributed by atoms with Crippen molar-refractivity contribution in [3.05, 3.63) is 88.0 Å². The van der Waals surface area contributed by atoms with E-state index in [-0.39, 0.29) is 12.3 Å². The van der Waals surface area contributed by atoms with E-state index >= 15 is 0 Å². The topological polar surface area (TPSA) is 108 Å². The Morgan fingerprint density at radius 1 is 1.22 bits per heavy atom. The number of benzene rings is 2. The fourth-order valence-corrected chi connectivity index (χ4v) is 4.09. The van der Waals surface area contributed by atoms with Gasteiger partial charge >= 0.3 is 0 Å². The lowest BCUT2D eigenvalue weighted by Crippen LogP contribution is -2.53. The Morgan fingerprint density at radius 2 is 1.97 bits per heavy atom. The van der Waals surface area contributed by atoms with Crippen LogP contribution in [0.4, 0.5) is 0 Å². The summed E-state index contributed by atoms with van der Waals surface area (Å²) in [6, 6.07) is 14.8. The van der Waals surface area contributed by atoms with E-state index in [1.807, 2.05) is 62.4 Å². The van der Waals surface area contributed by atoms with E-state index in [1.54, 1.807) is 18.3 Å². The van der Waals surface area contributed by atoms with Gasteiger partial charge in [-0.05, 0) is 31.1 Å². The first-order valence-corrected chi connectivity index (χ1v) is 10.4. The number of aromatic nitrogens is 2. The van der Waals surface area contributed by atoms with Crippen molar-refractivity contribution >= 4 is 22.6 Å². The minimum absolute atomic E-state index is 0.0944. The molecule has 1 unspecified atom stereocenters. The fraction of sp³-hybridized carbons (Fsp3) is 0.280. The van der Waals surface area contributed by atoms with E-state index < -0.39 is 23.2 Å². The van der Waals surface area contributed by atoms with Crippen LogP contribution in [0.15, 0.2) is 70.6 Å². The van der Waals surface area contributed by atoms with Gasteiger partial charge < -0.3 is 10.5 Å².